The predicted molar refractivity (Wildman–Crippen MR) is 132 cm³/mol. The molecule has 0 aliphatic carbocycles. The van der Waals surface area contributed by atoms with Gasteiger partial charge in [-0.15, -0.1) is 0 Å². The minimum atomic E-state index is -0.326. The highest BCUT2D eigenvalue weighted by atomic mass is 79.9. The average Bonchev–Trinajstić information content (AvgIpc) is 3.02. The summed E-state index contributed by atoms with van der Waals surface area (Å²) in [6.45, 7) is 2.48. The number of rotatable bonds is 5. The maximum absolute atomic E-state index is 12.8. The molecule has 1 saturated heterocycles. The van der Waals surface area contributed by atoms with Gasteiger partial charge in [0.1, 0.15) is 12.4 Å². The van der Waals surface area contributed by atoms with E-state index < -0.39 is 0 Å². The van der Waals surface area contributed by atoms with E-state index in [9.17, 15) is 9.59 Å². The van der Waals surface area contributed by atoms with E-state index in [4.69, 9.17) is 4.74 Å². The Labute approximate surface area is 201 Å². The maximum atomic E-state index is 12.8. The molecule has 0 saturated carbocycles. The Morgan fingerprint density at radius 1 is 0.968 bits per heavy atom. The Balaban J connectivity index is 1.54. The van der Waals surface area contributed by atoms with Crippen molar-refractivity contribution in [1.82, 2.24) is 0 Å². The second kappa shape index (κ2) is 9.42. The van der Waals surface area contributed by atoms with Crippen LogP contribution in [-0.2, 0) is 11.4 Å². The smallest absolute Gasteiger partial charge is 0.298 e. The van der Waals surface area contributed by atoms with Gasteiger partial charge in [-0.25, -0.2) is 4.90 Å². The molecule has 1 fully saturated rings. The third kappa shape index (κ3) is 4.95. The van der Waals surface area contributed by atoms with Crippen molar-refractivity contribution < 1.29 is 14.3 Å². The monoisotopic (exact) mass is 557 g/mol. The number of anilines is 1. The first-order valence-electron chi connectivity index (χ1n) is 9.43. The minimum Gasteiger partial charge on any atom is -0.487 e. The Bertz CT molecular complexity index is 1150. The van der Waals surface area contributed by atoms with E-state index >= 15 is 0 Å². The third-order valence-electron chi connectivity index (χ3n) is 4.63. The molecule has 1 aliphatic heterocycles. The van der Waals surface area contributed by atoms with Crippen LogP contribution < -0.4 is 9.64 Å². The predicted octanol–water partition coefficient (Wildman–Crippen LogP) is 7.34. The summed E-state index contributed by atoms with van der Waals surface area (Å²) in [5.41, 5.74) is 3.62. The summed E-state index contributed by atoms with van der Waals surface area (Å²) < 4.78 is 7.49. The second-order valence-corrected chi connectivity index (χ2v) is 9.64. The third-order valence-corrected chi connectivity index (χ3v) is 6.68. The van der Waals surface area contributed by atoms with Gasteiger partial charge in [0.25, 0.3) is 11.1 Å². The van der Waals surface area contributed by atoms with E-state index in [1.807, 2.05) is 49.4 Å². The summed E-state index contributed by atoms with van der Waals surface area (Å²) in [4.78, 5) is 26.8. The standard InChI is InChI=1S/C24H17Br2NO3S/c1-15-7-9-16(10-8-15)14-30-22-19(25)11-17(12-20(22)26)13-21-23(28)27(24(29)31-21)18-5-3-2-4-6-18/h2-13H,14H2,1H3/b21-13-. The topological polar surface area (TPSA) is 46.6 Å². The molecule has 3 aromatic carbocycles. The van der Waals surface area contributed by atoms with Crippen molar-refractivity contribution >= 4 is 66.5 Å². The van der Waals surface area contributed by atoms with E-state index in [1.165, 1.54) is 10.5 Å². The molecule has 1 aliphatic rings. The fourth-order valence-electron chi connectivity index (χ4n) is 3.06. The van der Waals surface area contributed by atoms with Crippen LogP contribution in [0.2, 0.25) is 0 Å². The van der Waals surface area contributed by atoms with E-state index in [1.54, 1.807) is 30.3 Å². The number of ether oxygens (including phenoxy) is 1. The van der Waals surface area contributed by atoms with Crippen molar-refractivity contribution in [3.8, 4) is 5.75 Å². The molecule has 7 heteroatoms. The number of imide groups is 1. The van der Waals surface area contributed by atoms with Gasteiger partial charge in [0, 0.05) is 0 Å². The van der Waals surface area contributed by atoms with Gasteiger partial charge >= 0.3 is 0 Å². The quantitative estimate of drug-likeness (QED) is 0.307. The van der Waals surface area contributed by atoms with Crippen LogP contribution >= 0.6 is 43.6 Å². The van der Waals surface area contributed by atoms with Gasteiger partial charge in [-0.1, -0.05) is 48.0 Å². The zero-order valence-electron chi connectivity index (χ0n) is 16.5. The Hall–Kier alpha value is -2.35. The lowest BCUT2D eigenvalue weighted by molar-refractivity contribution is -0.113. The molecule has 0 unspecified atom stereocenters. The Morgan fingerprint density at radius 3 is 2.26 bits per heavy atom. The number of hydrogen-bond acceptors (Lipinski definition) is 4. The Kier molecular flexibility index (Phi) is 6.65. The van der Waals surface area contributed by atoms with Crippen LogP contribution in [0.25, 0.3) is 6.08 Å². The van der Waals surface area contributed by atoms with Crippen molar-refractivity contribution in [2.45, 2.75) is 13.5 Å². The van der Waals surface area contributed by atoms with Gasteiger partial charge in [-0.05, 0) is 92.0 Å². The molecule has 0 atom stereocenters. The number of hydrogen-bond donors (Lipinski definition) is 0. The molecule has 3 aromatic rings. The molecule has 4 nitrogen and oxygen atoms in total. The van der Waals surface area contributed by atoms with Crippen molar-refractivity contribution in [1.29, 1.82) is 0 Å². The van der Waals surface area contributed by atoms with E-state index in [0.29, 0.717) is 22.9 Å². The highest BCUT2D eigenvalue weighted by Gasteiger charge is 2.36. The summed E-state index contributed by atoms with van der Waals surface area (Å²) in [6, 6.07) is 20.8. The van der Waals surface area contributed by atoms with Crippen molar-refractivity contribution in [3.63, 3.8) is 0 Å². The summed E-state index contributed by atoms with van der Waals surface area (Å²) in [6.07, 6.45) is 1.72. The van der Waals surface area contributed by atoms with Crippen LogP contribution in [0.4, 0.5) is 10.5 Å². The van der Waals surface area contributed by atoms with Crippen LogP contribution in [0.5, 0.6) is 5.75 Å². The number of benzene rings is 3. The van der Waals surface area contributed by atoms with Crippen molar-refractivity contribution in [2.75, 3.05) is 4.90 Å². The Morgan fingerprint density at radius 2 is 1.61 bits per heavy atom. The van der Waals surface area contributed by atoms with Crippen LogP contribution in [-0.4, -0.2) is 11.1 Å². The average molecular weight is 559 g/mol. The number of carbonyl (C=O) groups excluding carboxylic acids is 2. The highest BCUT2D eigenvalue weighted by molar-refractivity contribution is 9.11. The van der Waals surface area contributed by atoms with Crippen LogP contribution in [0.1, 0.15) is 16.7 Å². The molecule has 0 radical (unpaired) electrons. The first-order chi connectivity index (χ1) is 14.9. The molecule has 156 valence electrons. The number of halogens is 2. The summed E-state index contributed by atoms with van der Waals surface area (Å²) >= 11 is 8.04. The lowest BCUT2D eigenvalue weighted by atomic mass is 10.1. The summed E-state index contributed by atoms with van der Waals surface area (Å²) in [5, 5.41) is -0.307. The largest absolute Gasteiger partial charge is 0.487 e. The minimum absolute atomic E-state index is 0.307. The molecule has 0 aromatic heterocycles. The molecular formula is C24H17Br2NO3S. The molecule has 2 amide bonds. The van der Waals surface area contributed by atoms with Gasteiger partial charge in [-0.3, -0.25) is 9.59 Å². The van der Waals surface area contributed by atoms with Gasteiger partial charge in [0.15, 0.2) is 0 Å². The lowest BCUT2D eigenvalue weighted by Crippen LogP contribution is -2.27. The summed E-state index contributed by atoms with van der Waals surface area (Å²) in [5.74, 6) is 0.350. The SMILES string of the molecule is Cc1ccc(COc2c(Br)cc(/C=C3\SC(=O)N(c4ccccc4)C3=O)cc2Br)cc1. The van der Waals surface area contributed by atoms with E-state index in [2.05, 4.69) is 31.9 Å². The summed E-state index contributed by atoms with van der Waals surface area (Å²) in [7, 11) is 0. The van der Waals surface area contributed by atoms with Crippen LogP contribution in [0.3, 0.4) is 0 Å². The van der Waals surface area contributed by atoms with Gasteiger partial charge < -0.3 is 4.74 Å². The number of aryl methyl sites for hydroxylation is 1. The number of amides is 2. The van der Waals surface area contributed by atoms with Crippen LogP contribution in [0, 0.1) is 6.92 Å². The molecule has 31 heavy (non-hydrogen) atoms. The first kappa shape index (κ1) is 21.9. The first-order valence-corrected chi connectivity index (χ1v) is 11.8. The number of para-hydroxylation sites is 1. The molecule has 0 spiro atoms. The van der Waals surface area contributed by atoms with Gasteiger partial charge in [0.2, 0.25) is 0 Å². The molecule has 0 N–H and O–H groups in total. The fourth-order valence-corrected chi connectivity index (χ4v) is 5.35. The molecule has 1 heterocycles. The molecule has 4 rings (SSSR count). The molecule has 0 bridgehead atoms. The number of carbonyl (C=O) groups is 2. The van der Waals surface area contributed by atoms with E-state index in [0.717, 1.165) is 31.8 Å². The van der Waals surface area contributed by atoms with Crippen molar-refractivity contribution in [3.05, 3.63) is 97.3 Å². The number of nitrogens with zero attached hydrogens (tertiary/aromatic N) is 1. The zero-order valence-corrected chi connectivity index (χ0v) is 20.5. The zero-order chi connectivity index (χ0) is 22.0. The lowest BCUT2D eigenvalue weighted by Gasteiger charge is -2.12. The highest BCUT2D eigenvalue weighted by Crippen LogP contribution is 2.39. The van der Waals surface area contributed by atoms with Gasteiger partial charge in [0.05, 0.1) is 19.5 Å². The maximum Gasteiger partial charge on any atom is 0.298 e. The number of thioether (sulfide) groups is 1. The van der Waals surface area contributed by atoms with E-state index in [-0.39, 0.29) is 11.1 Å². The normalized spacial score (nSPS) is 15.1. The van der Waals surface area contributed by atoms with Crippen molar-refractivity contribution in [2.24, 2.45) is 0 Å². The fraction of sp³-hybridized carbons (Fsp3) is 0.0833. The van der Waals surface area contributed by atoms with Crippen LogP contribution in [0.15, 0.2) is 80.6 Å². The molecular weight excluding hydrogens is 542 g/mol. The van der Waals surface area contributed by atoms with Gasteiger partial charge in [-0.2, -0.15) is 0 Å². The second-order valence-electron chi connectivity index (χ2n) is 6.94.